The second kappa shape index (κ2) is 7.03. The lowest BCUT2D eigenvalue weighted by atomic mass is 9.81. The van der Waals surface area contributed by atoms with Crippen LogP contribution in [0.15, 0.2) is 0 Å². The fourth-order valence-electron chi connectivity index (χ4n) is 5.29. The molecule has 4 aliphatic rings. The smallest absolute Gasteiger partial charge is 0.231 e. The molecule has 4 fully saturated rings. The van der Waals surface area contributed by atoms with Crippen molar-refractivity contribution in [3.8, 4) is 0 Å². The highest BCUT2D eigenvalue weighted by Crippen LogP contribution is 2.40. The van der Waals surface area contributed by atoms with Crippen LogP contribution in [0.1, 0.15) is 57.8 Å². The molecule has 0 bridgehead atoms. The molecule has 0 spiro atoms. The van der Waals surface area contributed by atoms with Crippen LogP contribution in [0, 0.1) is 23.7 Å². The Kier molecular flexibility index (Phi) is 4.93. The molecule has 0 aromatic heterocycles. The van der Waals surface area contributed by atoms with Crippen LogP contribution in [-0.4, -0.2) is 44.7 Å². The van der Waals surface area contributed by atoms with Gasteiger partial charge in [0.05, 0.1) is 9.98 Å². The Morgan fingerprint density at radius 1 is 0.680 bits per heavy atom. The minimum Gasteiger partial charge on any atom is -0.306 e. The molecule has 136 valence electrons. The number of rotatable bonds is 4. The van der Waals surface area contributed by atoms with E-state index in [-0.39, 0.29) is 35.5 Å². The number of carbonyl (C=O) groups excluding carboxylic acids is 2. The third-order valence-corrected chi connectivity index (χ3v) is 7.67. The number of amides is 2. The number of hydrogen-bond acceptors (Lipinski definition) is 4. The molecule has 4 rings (SSSR count). The Morgan fingerprint density at radius 2 is 1.04 bits per heavy atom. The average molecular weight is 379 g/mol. The first-order valence-electron chi connectivity index (χ1n) is 9.80. The van der Waals surface area contributed by atoms with Gasteiger partial charge in [0.25, 0.3) is 0 Å². The van der Waals surface area contributed by atoms with E-state index in [4.69, 9.17) is 24.4 Å². The first-order chi connectivity index (χ1) is 12.1. The molecule has 6 heteroatoms. The fourth-order valence-corrected chi connectivity index (χ4v) is 6.22. The number of hydrogen-bond donors (Lipinski definition) is 0. The van der Waals surface area contributed by atoms with Crippen molar-refractivity contribution < 1.29 is 9.59 Å². The van der Waals surface area contributed by atoms with Gasteiger partial charge in [-0.2, -0.15) is 0 Å². The second-order valence-electron chi connectivity index (χ2n) is 8.00. The zero-order chi connectivity index (χ0) is 17.6. The Balaban J connectivity index is 1.35. The summed E-state index contributed by atoms with van der Waals surface area (Å²) in [4.78, 5) is 30.6. The largest absolute Gasteiger partial charge is 0.306 e. The van der Waals surface area contributed by atoms with Gasteiger partial charge in [-0.3, -0.25) is 9.59 Å². The Morgan fingerprint density at radius 3 is 1.40 bits per heavy atom. The minimum absolute atomic E-state index is 0.124. The minimum atomic E-state index is 0.124. The molecule has 0 aromatic carbocycles. The summed E-state index contributed by atoms with van der Waals surface area (Å²) in [6.45, 7) is 1.26. The van der Waals surface area contributed by atoms with Crippen molar-refractivity contribution in [3.63, 3.8) is 0 Å². The number of nitrogens with zero attached hydrogens (tertiary/aromatic N) is 2. The quantitative estimate of drug-likeness (QED) is 0.704. The predicted molar refractivity (Wildman–Crippen MR) is 104 cm³/mol. The Labute approximate surface area is 160 Å². The molecule has 25 heavy (non-hydrogen) atoms. The van der Waals surface area contributed by atoms with Crippen molar-refractivity contribution in [3.05, 3.63) is 0 Å². The summed E-state index contributed by atoms with van der Waals surface area (Å²) in [7, 11) is 0. The predicted octanol–water partition coefficient (Wildman–Crippen LogP) is 3.33. The van der Waals surface area contributed by atoms with Crippen LogP contribution in [-0.2, 0) is 9.59 Å². The van der Waals surface area contributed by atoms with E-state index in [1.54, 1.807) is 0 Å². The van der Waals surface area contributed by atoms with Gasteiger partial charge in [0.2, 0.25) is 11.8 Å². The van der Waals surface area contributed by atoms with Crippen molar-refractivity contribution in [2.45, 2.75) is 57.8 Å². The third-order valence-electron chi connectivity index (χ3n) is 6.63. The maximum absolute atomic E-state index is 12.6. The van der Waals surface area contributed by atoms with E-state index in [1.165, 1.54) is 12.8 Å². The van der Waals surface area contributed by atoms with Gasteiger partial charge in [-0.15, -0.1) is 0 Å². The second-order valence-corrected chi connectivity index (χ2v) is 8.84. The lowest BCUT2D eigenvalue weighted by Gasteiger charge is -2.22. The molecule has 0 aromatic rings. The Hall–Kier alpha value is -0.880. The van der Waals surface area contributed by atoms with Crippen molar-refractivity contribution in [1.82, 2.24) is 9.80 Å². The average Bonchev–Trinajstić information content (AvgIpc) is 3.03. The van der Waals surface area contributed by atoms with E-state index in [1.807, 2.05) is 9.80 Å². The zero-order valence-electron chi connectivity index (χ0n) is 14.6. The number of thiocarbonyl (C=S) groups is 2. The van der Waals surface area contributed by atoms with E-state index >= 15 is 0 Å². The molecule has 4 unspecified atom stereocenters. The van der Waals surface area contributed by atoms with Crippen molar-refractivity contribution in [1.29, 1.82) is 0 Å². The molecule has 0 N–H and O–H groups in total. The van der Waals surface area contributed by atoms with Gasteiger partial charge in [-0.05, 0) is 32.1 Å². The maximum atomic E-state index is 12.6. The van der Waals surface area contributed by atoms with Crippen LogP contribution in [0.2, 0.25) is 0 Å². The SMILES string of the molecule is O=C1C2CCCCC2C(=S)N1CCCN1C(=O)C2CCCCC2C1=S. The van der Waals surface area contributed by atoms with E-state index in [0.717, 1.165) is 54.9 Å². The van der Waals surface area contributed by atoms with Crippen molar-refractivity contribution in [2.75, 3.05) is 13.1 Å². The van der Waals surface area contributed by atoms with Crippen LogP contribution in [0.3, 0.4) is 0 Å². The number of carbonyl (C=O) groups is 2. The van der Waals surface area contributed by atoms with Crippen LogP contribution in [0.5, 0.6) is 0 Å². The summed E-state index contributed by atoms with van der Waals surface area (Å²) in [5, 5.41) is 0. The topological polar surface area (TPSA) is 40.6 Å². The summed E-state index contributed by atoms with van der Waals surface area (Å²) < 4.78 is 0. The van der Waals surface area contributed by atoms with E-state index in [9.17, 15) is 9.59 Å². The highest BCUT2D eigenvalue weighted by molar-refractivity contribution is 7.80. The third kappa shape index (κ3) is 2.95. The molecule has 2 amide bonds. The van der Waals surface area contributed by atoms with Crippen molar-refractivity contribution >= 4 is 46.2 Å². The molecule has 4 atom stereocenters. The van der Waals surface area contributed by atoms with Crippen LogP contribution in [0.4, 0.5) is 0 Å². The summed E-state index contributed by atoms with van der Waals surface area (Å²) in [5.41, 5.74) is 0. The van der Waals surface area contributed by atoms with Gasteiger partial charge in [-0.25, -0.2) is 0 Å². The molecule has 2 saturated carbocycles. The summed E-state index contributed by atoms with van der Waals surface area (Å²) >= 11 is 11.2. The van der Waals surface area contributed by atoms with E-state index in [0.29, 0.717) is 13.1 Å². The van der Waals surface area contributed by atoms with Gasteiger partial charge in [-0.1, -0.05) is 50.1 Å². The number of fused-ring (bicyclic) bond motifs is 2. The first kappa shape index (κ1) is 17.5. The van der Waals surface area contributed by atoms with Gasteiger partial charge >= 0.3 is 0 Å². The zero-order valence-corrected chi connectivity index (χ0v) is 16.2. The van der Waals surface area contributed by atoms with Gasteiger partial charge in [0, 0.05) is 36.8 Å². The monoisotopic (exact) mass is 378 g/mol. The highest BCUT2D eigenvalue weighted by atomic mass is 32.1. The van der Waals surface area contributed by atoms with Crippen LogP contribution >= 0.6 is 24.4 Å². The van der Waals surface area contributed by atoms with Gasteiger partial charge in [0.15, 0.2) is 0 Å². The fraction of sp³-hybridized carbons (Fsp3) is 0.789. The maximum Gasteiger partial charge on any atom is 0.231 e. The summed E-state index contributed by atoms with van der Waals surface area (Å²) in [5.74, 6) is 1.26. The lowest BCUT2D eigenvalue weighted by Crippen LogP contribution is -2.36. The molecule has 2 aliphatic heterocycles. The Bertz CT molecular complexity index is 521. The molecular weight excluding hydrogens is 352 g/mol. The molecule has 2 aliphatic carbocycles. The summed E-state index contributed by atoms with van der Waals surface area (Å²) in [6, 6.07) is 0. The molecule has 0 radical (unpaired) electrons. The standard InChI is InChI=1S/C19H26N2O2S2/c22-16-12-6-1-3-8-14(12)18(24)20(16)10-5-11-21-17(23)13-7-2-4-9-15(13)19(21)25/h12-15H,1-11H2. The normalized spacial score (nSPS) is 35.4. The molecule has 2 saturated heterocycles. The van der Waals surface area contributed by atoms with E-state index in [2.05, 4.69) is 0 Å². The molecular formula is C19H26N2O2S2. The molecule has 4 nitrogen and oxygen atoms in total. The van der Waals surface area contributed by atoms with Gasteiger partial charge in [0.1, 0.15) is 0 Å². The lowest BCUT2D eigenvalue weighted by molar-refractivity contribution is -0.130. The van der Waals surface area contributed by atoms with E-state index < -0.39 is 0 Å². The summed E-state index contributed by atoms with van der Waals surface area (Å²) in [6.07, 6.45) is 9.50. The van der Waals surface area contributed by atoms with Crippen LogP contribution in [0.25, 0.3) is 0 Å². The highest BCUT2D eigenvalue weighted by Gasteiger charge is 2.47. The van der Waals surface area contributed by atoms with Gasteiger partial charge < -0.3 is 9.80 Å². The van der Waals surface area contributed by atoms with Crippen molar-refractivity contribution in [2.24, 2.45) is 23.7 Å². The van der Waals surface area contributed by atoms with Crippen LogP contribution < -0.4 is 0 Å². The first-order valence-corrected chi connectivity index (χ1v) is 10.6. The molecule has 2 heterocycles. The number of likely N-dealkylation sites (tertiary alicyclic amines) is 2.